The van der Waals surface area contributed by atoms with Crippen LogP contribution in [0.5, 0.6) is 0 Å². The molecule has 3 aliphatic heterocycles. The number of rotatable bonds is 5. The second kappa shape index (κ2) is 9.22. The molecule has 2 atom stereocenters. The second-order valence-electron chi connectivity index (χ2n) is 8.11. The molecular formula is C20H32N6OS. The van der Waals surface area contributed by atoms with Gasteiger partial charge in [-0.1, -0.05) is 0 Å². The Morgan fingerprint density at radius 1 is 1.11 bits per heavy atom. The molecule has 4 rings (SSSR count). The summed E-state index contributed by atoms with van der Waals surface area (Å²) >= 11 is 5.49. The molecule has 0 unspecified atom stereocenters. The van der Waals surface area contributed by atoms with Gasteiger partial charge in [0.2, 0.25) is 5.95 Å². The fraction of sp³-hybridized carbons (Fsp3) is 0.750. The van der Waals surface area contributed by atoms with Crippen LogP contribution in [0.3, 0.4) is 0 Å². The first-order chi connectivity index (χ1) is 13.7. The minimum absolute atomic E-state index is 0.251. The summed E-state index contributed by atoms with van der Waals surface area (Å²) in [6, 6.07) is 2.66. The molecular weight excluding hydrogens is 372 g/mol. The Morgan fingerprint density at radius 3 is 2.64 bits per heavy atom. The van der Waals surface area contributed by atoms with Crippen molar-refractivity contribution in [2.24, 2.45) is 0 Å². The van der Waals surface area contributed by atoms with E-state index < -0.39 is 0 Å². The molecule has 1 aromatic heterocycles. The molecule has 28 heavy (non-hydrogen) atoms. The highest BCUT2D eigenvalue weighted by Gasteiger charge is 2.23. The molecule has 0 radical (unpaired) electrons. The van der Waals surface area contributed by atoms with E-state index in [4.69, 9.17) is 26.9 Å². The summed E-state index contributed by atoms with van der Waals surface area (Å²) in [5.74, 6) is 2.60. The molecule has 8 heteroatoms. The van der Waals surface area contributed by atoms with Crippen LogP contribution in [0.2, 0.25) is 0 Å². The van der Waals surface area contributed by atoms with Gasteiger partial charge in [0.1, 0.15) is 11.6 Å². The van der Waals surface area contributed by atoms with Gasteiger partial charge in [-0.05, 0) is 64.1 Å². The minimum atomic E-state index is 0.251. The maximum Gasteiger partial charge on any atom is 0.232 e. The average Bonchev–Trinajstić information content (AvgIpc) is 3.40. The summed E-state index contributed by atoms with van der Waals surface area (Å²) in [5, 5.41) is 7.03. The highest BCUT2D eigenvalue weighted by Crippen LogP contribution is 2.28. The summed E-state index contributed by atoms with van der Waals surface area (Å²) in [4.78, 5) is 14.4. The number of piperidine rings is 1. The van der Waals surface area contributed by atoms with Crippen LogP contribution in [0, 0.1) is 0 Å². The zero-order valence-corrected chi connectivity index (χ0v) is 17.6. The van der Waals surface area contributed by atoms with Gasteiger partial charge < -0.3 is 25.2 Å². The largest absolute Gasteiger partial charge is 0.376 e. The van der Waals surface area contributed by atoms with Crippen LogP contribution in [-0.2, 0) is 4.74 Å². The molecule has 0 bridgehead atoms. The Hall–Kier alpha value is -1.67. The molecule has 3 aliphatic rings. The topological polar surface area (TPSA) is 65.5 Å². The third kappa shape index (κ3) is 4.84. The number of aromatic nitrogens is 2. The molecule has 4 heterocycles. The van der Waals surface area contributed by atoms with E-state index in [0.717, 1.165) is 57.3 Å². The van der Waals surface area contributed by atoms with Gasteiger partial charge in [-0.25, -0.2) is 0 Å². The van der Waals surface area contributed by atoms with Crippen LogP contribution in [0.4, 0.5) is 17.6 Å². The van der Waals surface area contributed by atoms with Gasteiger partial charge in [-0.15, -0.1) is 0 Å². The van der Waals surface area contributed by atoms with Gasteiger partial charge >= 0.3 is 0 Å². The van der Waals surface area contributed by atoms with Crippen molar-refractivity contribution in [2.45, 2.75) is 64.0 Å². The molecule has 1 aromatic rings. The summed E-state index contributed by atoms with van der Waals surface area (Å²) < 4.78 is 5.66. The van der Waals surface area contributed by atoms with Gasteiger partial charge in [0.15, 0.2) is 5.11 Å². The van der Waals surface area contributed by atoms with Crippen molar-refractivity contribution in [1.29, 1.82) is 0 Å². The molecule has 0 aliphatic carbocycles. The Labute approximate surface area is 173 Å². The first-order valence-electron chi connectivity index (χ1n) is 10.8. The summed E-state index contributed by atoms with van der Waals surface area (Å²) in [7, 11) is 0. The normalized spacial score (nSPS) is 25.2. The van der Waals surface area contributed by atoms with Crippen LogP contribution in [0.1, 0.15) is 51.9 Å². The molecule has 0 aromatic carbocycles. The molecule has 0 saturated carbocycles. The van der Waals surface area contributed by atoms with E-state index in [1.807, 2.05) is 0 Å². The van der Waals surface area contributed by atoms with E-state index in [-0.39, 0.29) is 6.10 Å². The van der Waals surface area contributed by atoms with E-state index in [1.165, 1.54) is 32.1 Å². The highest BCUT2D eigenvalue weighted by atomic mass is 32.1. The first kappa shape index (κ1) is 19.6. The zero-order chi connectivity index (χ0) is 19.3. The van der Waals surface area contributed by atoms with Gasteiger partial charge in [-0.3, -0.25) is 0 Å². The molecule has 3 saturated heterocycles. The number of thiocarbonyl (C=S) groups is 1. The third-order valence-corrected chi connectivity index (χ3v) is 6.21. The number of hydrogen-bond acceptors (Lipinski definition) is 6. The first-order valence-corrected chi connectivity index (χ1v) is 11.2. The highest BCUT2D eigenvalue weighted by molar-refractivity contribution is 7.80. The lowest BCUT2D eigenvalue weighted by atomic mass is 10.0. The lowest BCUT2D eigenvalue weighted by molar-refractivity contribution is 0.114. The predicted molar refractivity (Wildman–Crippen MR) is 117 cm³/mol. The Kier molecular flexibility index (Phi) is 6.47. The van der Waals surface area contributed by atoms with Crippen molar-refractivity contribution in [3.05, 3.63) is 6.07 Å². The number of nitrogens with one attached hydrogen (secondary N) is 2. The minimum Gasteiger partial charge on any atom is -0.376 e. The third-order valence-electron chi connectivity index (χ3n) is 5.97. The van der Waals surface area contributed by atoms with Crippen LogP contribution >= 0.6 is 12.2 Å². The van der Waals surface area contributed by atoms with E-state index in [0.29, 0.717) is 17.1 Å². The molecule has 0 amide bonds. The lowest BCUT2D eigenvalue weighted by Crippen LogP contribution is -2.39. The van der Waals surface area contributed by atoms with E-state index in [1.54, 1.807) is 0 Å². The summed E-state index contributed by atoms with van der Waals surface area (Å²) in [6.07, 6.45) is 8.65. The summed E-state index contributed by atoms with van der Waals surface area (Å²) in [5.41, 5.74) is 0. The van der Waals surface area contributed by atoms with Crippen molar-refractivity contribution in [3.8, 4) is 0 Å². The molecule has 0 spiro atoms. The Bertz CT molecular complexity index is 675. The smallest absolute Gasteiger partial charge is 0.232 e. The van der Waals surface area contributed by atoms with E-state index in [9.17, 15) is 0 Å². The van der Waals surface area contributed by atoms with Crippen LogP contribution in [0.15, 0.2) is 6.07 Å². The maximum absolute atomic E-state index is 5.66. The Balaban J connectivity index is 1.48. The van der Waals surface area contributed by atoms with Crippen LogP contribution in [0.25, 0.3) is 0 Å². The second-order valence-corrected chi connectivity index (χ2v) is 8.52. The quantitative estimate of drug-likeness (QED) is 0.727. The van der Waals surface area contributed by atoms with E-state index in [2.05, 4.69) is 33.4 Å². The van der Waals surface area contributed by atoms with Crippen molar-refractivity contribution in [2.75, 3.05) is 47.9 Å². The number of nitrogens with zero attached hydrogens (tertiary/aromatic N) is 4. The van der Waals surface area contributed by atoms with Gasteiger partial charge in [0.25, 0.3) is 0 Å². The molecule has 2 N–H and O–H groups in total. The Morgan fingerprint density at radius 2 is 1.89 bits per heavy atom. The fourth-order valence-electron chi connectivity index (χ4n) is 4.33. The predicted octanol–water partition coefficient (Wildman–Crippen LogP) is 2.92. The fourth-order valence-corrected chi connectivity index (χ4v) is 4.50. The zero-order valence-electron chi connectivity index (χ0n) is 16.8. The maximum atomic E-state index is 5.66. The van der Waals surface area contributed by atoms with Gasteiger partial charge in [0.05, 0.1) is 6.10 Å². The molecule has 3 fully saturated rings. The molecule has 7 nitrogen and oxygen atoms in total. The SMILES string of the molecule is C[C@H]1CCCCN1c1cc(N2CCCC2)nc(NC(=S)NC[C@H]2CCCO2)n1. The number of ether oxygens (including phenoxy) is 1. The monoisotopic (exact) mass is 404 g/mol. The van der Waals surface area contributed by atoms with Crippen molar-refractivity contribution in [1.82, 2.24) is 15.3 Å². The van der Waals surface area contributed by atoms with Gasteiger partial charge in [-0.2, -0.15) is 9.97 Å². The van der Waals surface area contributed by atoms with Crippen LogP contribution in [-0.4, -0.2) is 60.0 Å². The number of anilines is 3. The van der Waals surface area contributed by atoms with Crippen molar-refractivity contribution in [3.63, 3.8) is 0 Å². The number of hydrogen-bond donors (Lipinski definition) is 2. The van der Waals surface area contributed by atoms with E-state index >= 15 is 0 Å². The summed E-state index contributed by atoms with van der Waals surface area (Å²) in [6.45, 7) is 7.05. The lowest BCUT2D eigenvalue weighted by Gasteiger charge is -2.35. The van der Waals surface area contributed by atoms with Crippen molar-refractivity contribution < 1.29 is 4.74 Å². The van der Waals surface area contributed by atoms with Crippen LogP contribution < -0.4 is 20.4 Å². The standard InChI is InChI=1S/C20H32N6OS/c1-15-7-2-3-11-26(15)18-13-17(25-9-4-5-10-25)22-19(23-18)24-20(28)21-14-16-8-6-12-27-16/h13,15-16H,2-12,14H2,1H3,(H2,21,22,23,24,28)/t15-,16+/m0/s1. The molecule has 154 valence electrons. The van der Waals surface area contributed by atoms with Crippen molar-refractivity contribution >= 4 is 34.9 Å². The van der Waals surface area contributed by atoms with Gasteiger partial charge in [0, 0.05) is 44.9 Å². The average molecular weight is 405 g/mol.